The zero-order valence-electron chi connectivity index (χ0n) is 15.7. The van der Waals surface area contributed by atoms with E-state index in [9.17, 15) is 0 Å². The lowest BCUT2D eigenvalue weighted by Crippen LogP contribution is -2.28. The van der Waals surface area contributed by atoms with Gasteiger partial charge in [-0.15, -0.1) is 0 Å². The molecule has 25 heavy (non-hydrogen) atoms. The van der Waals surface area contributed by atoms with Gasteiger partial charge in [-0.1, -0.05) is 48.0 Å². The molecule has 0 radical (unpaired) electrons. The van der Waals surface area contributed by atoms with E-state index in [1.54, 1.807) is 0 Å². The molecule has 2 heteroatoms. The second-order valence-corrected chi connectivity index (χ2v) is 6.87. The summed E-state index contributed by atoms with van der Waals surface area (Å²) in [6, 6.07) is 19.3. The third-order valence-corrected chi connectivity index (χ3v) is 4.83. The number of nitrogens with zero attached hydrogens (tertiary/aromatic N) is 2. The Hall–Kier alpha value is -2.61. The van der Waals surface area contributed by atoms with Crippen molar-refractivity contribution in [2.75, 3.05) is 11.9 Å². The van der Waals surface area contributed by atoms with Crippen molar-refractivity contribution in [2.24, 2.45) is 0 Å². The number of aryl methyl sites for hydroxylation is 4. The summed E-state index contributed by atoms with van der Waals surface area (Å²) in [6.45, 7) is 8.72. The number of rotatable bonds is 4. The van der Waals surface area contributed by atoms with Gasteiger partial charge in [-0.05, 0) is 62.1 Å². The van der Waals surface area contributed by atoms with Gasteiger partial charge >= 0.3 is 0 Å². The van der Waals surface area contributed by atoms with E-state index in [1.807, 2.05) is 12.3 Å². The minimum atomic E-state index is 0.0857. The third-order valence-electron chi connectivity index (χ3n) is 4.83. The highest BCUT2D eigenvalue weighted by molar-refractivity contribution is 5.62. The van der Waals surface area contributed by atoms with Gasteiger partial charge in [0.25, 0.3) is 0 Å². The molecular weight excluding hydrogens is 304 g/mol. The Morgan fingerprint density at radius 1 is 0.800 bits per heavy atom. The Labute approximate surface area is 151 Å². The molecule has 0 spiro atoms. The summed E-state index contributed by atoms with van der Waals surface area (Å²) in [6.07, 6.45) is 1.88. The van der Waals surface area contributed by atoms with Crippen molar-refractivity contribution in [2.45, 2.75) is 33.7 Å². The first kappa shape index (κ1) is 17.2. The molecule has 0 aliphatic heterocycles. The van der Waals surface area contributed by atoms with Gasteiger partial charge in [-0.2, -0.15) is 0 Å². The molecule has 128 valence electrons. The molecule has 2 nitrogen and oxygen atoms in total. The number of pyridine rings is 1. The molecule has 2 aromatic carbocycles. The van der Waals surface area contributed by atoms with Gasteiger partial charge in [0.1, 0.15) is 0 Å². The van der Waals surface area contributed by atoms with Gasteiger partial charge in [0.2, 0.25) is 0 Å². The zero-order valence-corrected chi connectivity index (χ0v) is 15.7. The lowest BCUT2D eigenvalue weighted by molar-refractivity contribution is 0.745. The van der Waals surface area contributed by atoms with Crippen LogP contribution in [0.25, 0.3) is 0 Å². The first-order valence-electron chi connectivity index (χ1n) is 8.76. The maximum absolute atomic E-state index is 4.68. The standard InChI is InChI=1S/C23H26N2/c1-16-14-18(3)22(19(4)15-16)25(5)23(21-12-8-9-13-24-21)20-11-7-6-10-17(20)2/h6-15,23H,1-5H3. The van der Waals surface area contributed by atoms with Gasteiger partial charge in [0, 0.05) is 18.9 Å². The minimum Gasteiger partial charge on any atom is -0.361 e. The molecule has 1 unspecified atom stereocenters. The van der Waals surface area contributed by atoms with Crippen molar-refractivity contribution in [1.82, 2.24) is 4.98 Å². The quantitative estimate of drug-likeness (QED) is 0.624. The maximum atomic E-state index is 4.68. The minimum absolute atomic E-state index is 0.0857. The zero-order chi connectivity index (χ0) is 18.0. The van der Waals surface area contributed by atoms with E-state index in [0.29, 0.717) is 0 Å². The molecule has 1 heterocycles. The van der Waals surface area contributed by atoms with E-state index in [4.69, 9.17) is 0 Å². The van der Waals surface area contributed by atoms with E-state index < -0.39 is 0 Å². The van der Waals surface area contributed by atoms with Crippen molar-refractivity contribution in [3.8, 4) is 0 Å². The van der Waals surface area contributed by atoms with Crippen LogP contribution in [0.4, 0.5) is 5.69 Å². The number of anilines is 1. The Balaban J connectivity index is 2.18. The molecule has 3 rings (SSSR count). The van der Waals surface area contributed by atoms with Gasteiger partial charge in [-0.25, -0.2) is 0 Å². The molecule has 0 amide bonds. The Morgan fingerprint density at radius 3 is 2.04 bits per heavy atom. The lowest BCUT2D eigenvalue weighted by Gasteiger charge is -2.33. The molecule has 0 bridgehead atoms. The summed E-state index contributed by atoms with van der Waals surface area (Å²) < 4.78 is 0. The van der Waals surface area contributed by atoms with Crippen LogP contribution in [-0.4, -0.2) is 12.0 Å². The average molecular weight is 330 g/mol. The Bertz CT molecular complexity index is 845. The summed E-state index contributed by atoms with van der Waals surface area (Å²) in [7, 11) is 2.18. The predicted octanol–water partition coefficient (Wildman–Crippen LogP) is 5.54. The van der Waals surface area contributed by atoms with Crippen LogP contribution in [0, 0.1) is 27.7 Å². The van der Waals surface area contributed by atoms with Crippen LogP contribution < -0.4 is 4.90 Å². The largest absolute Gasteiger partial charge is 0.361 e. The summed E-state index contributed by atoms with van der Waals surface area (Å²) in [5.41, 5.74) is 8.83. The van der Waals surface area contributed by atoms with Crippen LogP contribution in [0.2, 0.25) is 0 Å². The Morgan fingerprint density at radius 2 is 1.44 bits per heavy atom. The van der Waals surface area contributed by atoms with Crippen molar-refractivity contribution in [3.63, 3.8) is 0 Å². The van der Waals surface area contributed by atoms with Crippen LogP contribution in [0.3, 0.4) is 0 Å². The summed E-state index contributed by atoms with van der Waals surface area (Å²) in [5.74, 6) is 0. The van der Waals surface area contributed by atoms with Crippen LogP contribution >= 0.6 is 0 Å². The molecule has 0 fully saturated rings. The van der Waals surface area contributed by atoms with Gasteiger partial charge in [-0.3, -0.25) is 4.98 Å². The van der Waals surface area contributed by atoms with E-state index in [2.05, 4.69) is 93.2 Å². The summed E-state index contributed by atoms with van der Waals surface area (Å²) in [4.78, 5) is 7.05. The lowest BCUT2D eigenvalue weighted by atomic mass is 9.95. The number of hydrogen-bond donors (Lipinski definition) is 0. The third kappa shape index (κ3) is 3.43. The fourth-order valence-corrected chi connectivity index (χ4v) is 3.86. The molecule has 3 aromatic rings. The second kappa shape index (κ2) is 7.10. The fraction of sp³-hybridized carbons (Fsp3) is 0.261. The number of hydrogen-bond acceptors (Lipinski definition) is 2. The number of aromatic nitrogens is 1. The van der Waals surface area contributed by atoms with Crippen LogP contribution in [0.15, 0.2) is 60.8 Å². The average Bonchev–Trinajstić information content (AvgIpc) is 2.57. The van der Waals surface area contributed by atoms with Gasteiger partial charge < -0.3 is 4.90 Å². The SMILES string of the molecule is Cc1cc(C)c(N(C)C(c2ccccn2)c2ccccc2C)c(C)c1. The van der Waals surface area contributed by atoms with Crippen molar-refractivity contribution < 1.29 is 0 Å². The van der Waals surface area contributed by atoms with Crippen LogP contribution in [-0.2, 0) is 0 Å². The van der Waals surface area contributed by atoms with E-state index >= 15 is 0 Å². The van der Waals surface area contributed by atoms with Crippen molar-refractivity contribution >= 4 is 5.69 Å². The normalized spacial score (nSPS) is 12.0. The van der Waals surface area contributed by atoms with Gasteiger partial charge in [0.05, 0.1) is 11.7 Å². The molecule has 0 saturated carbocycles. The van der Waals surface area contributed by atoms with Crippen molar-refractivity contribution in [1.29, 1.82) is 0 Å². The smallest absolute Gasteiger partial charge is 0.0965 e. The maximum Gasteiger partial charge on any atom is 0.0965 e. The van der Waals surface area contributed by atoms with E-state index in [-0.39, 0.29) is 6.04 Å². The van der Waals surface area contributed by atoms with Crippen LogP contribution in [0.1, 0.15) is 39.6 Å². The van der Waals surface area contributed by atoms with Gasteiger partial charge in [0.15, 0.2) is 0 Å². The highest BCUT2D eigenvalue weighted by Gasteiger charge is 2.24. The fourth-order valence-electron chi connectivity index (χ4n) is 3.86. The first-order valence-corrected chi connectivity index (χ1v) is 8.76. The highest BCUT2D eigenvalue weighted by Crippen LogP contribution is 2.36. The molecular formula is C23H26N2. The predicted molar refractivity (Wildman–Crippen MR) is 106 cm³/mol. The topological polar surface area (TPSA) is 16.1 Å². The molecule has 0 saturated heterocycles. The van der Waals surface area contributed by atoms with E-state index in [1.165, 1.54) is 33.5 Å². The monoisotopic (exact) mass is 330 g/mol. The van der Waals surface area contributed by atoms with Crippen molar-refractivity contribution in [3.05, 3.63) is 94.3 Å². The molecule has 1 atom stereocenters. The van der Waals surface area contributed by atoms with E-state index in [0.717, 1.165) is 5.69 Å². The molecule has 1 aromatic heterocycles. The summed E-state index contributed by atoms with van der Waals surface area (Å²) >= 11 is 0. The molecule has 0 N–H and O–H groups in total. The molecule has 0 aliphatic rings. The Kier molecular flexibility index (Phi) is 4.89. The first-order chi connectivity index (χ1) is 12.0. The summed E-state index contributed by atoms with van der Waals surface area (Å²) in [5, 5.41) is 0. The number of benzene rings is 2. The van der Waals surface area contributed by atoms with Crippen LogP contribution in [0.5, 0.6) is 0 Å². The second-order valence-electron chi connectivity index (χ2n) is 6.87. The highest BCUT2D eigenvalue weighted by atomic mass is 15.1. The molecule has 0 aliphatic carbocycles.